The molecule has 0 amide bonds. The molecule has 0 spiro atoms. The molecule has 0 fully saturated rings. The van der Waals surface area contributed by atoms with Gasteiger partial charge in [-0.3, -0.25) is 4.79 Å². The van der Waals surface area contributed by atoms with E-state index < -0.39 is 12.0 Å². The van der Waals surface area contributed by atoms with Crippen LogP contribution in [-0.2, 0) is 17.6 Å². The summed E-state index contributed by atoms with van der Waals surface area (Å²) in [7, 11) is 0. The number of carbonyl (C=O) groups is 1. The molecule has 0 radical (unpaired) electrons. The van der Waals surface area contributed by atoms with Crippen molar-refractivity contribution in [2.24, 2.45) is 5.73 Å². The summed E-state index contributed by atoms with van der Waals surface area (Å²) >= 11 is 4.58. The zero-order chi connectivity index (χ0) is 21.3. The summed E-state index contributed by atoms with van der Waals surface area (Å²) in [6.07, 6.45) is 1.31. The fourth-order valence-electron chi connectivity index (χ4n) is 3.45. The second kappa shape index (κ2) is 9.30. The van der Waals surface area contributed by atoms with Crippen molar-refractivity contribution in [1.29, 1.82) is 0 Å². The highest BCUT2D eigenvalue weighted by atomic mass is 127. The van der Waals surface area contributed by atoms with Crippen LogP contribution in [0.1, 0.15) is 45.9 Å². The molecule has 1 atom stereocenters. The van der Waals surface area contributed by atoms with Crippen LogP contribution in [0.25, 0.3) is 0 Å². The van der Waals surface area contributed by atoms with Crippen molar-refractivity contribution in [3.05, 3.63) is 52.2 Å². The third-order valence-corrected chi connectivity index (χ3v) is 8.02. The minimum atomic E-state index is -0.984. The van der Waals surface area contributed by atoms with Crippen LogP contribution in [0.5, 0.6) is 11.5 Å². The number of benzene rings is 2. The maximum absolute atomic E-state index is 11.2. The van der Waals surface area contributed by atoms with Crippen LogP contribution in [0.4, 0.5) is 0 Å². The highest BCUT2D eigenvalue weighted by Gasteiger charge is 2.23. The average molecular weight is 607 g/mol. The van der Waals surface area contributed by atoms with Gasteiger partial charge in [0.2, 0.25) is 0 Å². The predicted octanol–water partition coefficient (Wildman–Crippen LogP) is 5.75. The smallest absolute Gasteiger partial charge is 0.320 e. The van der Waals surface area contributed by atoms with Gasteiger partial charge < -0.3 is 15.6 Å². The number of aliphatic carboxylic acids is 1. The van der Waals surface area contributed by atoms with E-state index >= 15 is 0 Å². The van der Waals surface area contributed by atoms with Crippen molar-refractivity contribution in [2.45, 2.75) is 60.4 Å². The van der Waals surface area contributed by atoms with Crippen molar-refractivity contribution in [3.8, 4) is 11.5 Å². The number of carboxylic acids is 1. The molecule has 2 rings (SSSR count). The lowest BCUT2D eigenvalue weighted by molar-refractivity contribution is -0.138. The summed E-state index contributed by atoms with van der Waals surface area (Å²) in [6.45, 7) is 12.5. The highest BCUT2D eigenvalue weighted by molar-refractivity contribution is 14.1. The Morgan fingerprint density at radius 3 is 2.04 bits per heavy atom. The quantitative estimate of drug-likeness (QED) is 0.411. The lowest BCUT2D eigenvalue weighted by Gasteiger charge is -2.22. The van der Waals surface area contributed by atoms with Gasteiger partial charge in [-0.05, 0) is 132 Å². The zero-order valence-corrected chi connectivity index (χ0v) is 21.5. The molecule has 3 N–H and O–H groups in total. The number of hydrogen-bond donors (Lipinski definition) is 2. The first-order valence-corrected chi connectivity index (χ1v) is 11.4. The number of hydrogen-bond acceptors (Lipinski definition) is 3. The third kappa shape index (κ3) is 4.48. The first-order valence-electron chi connectivity index (χ1n) is 9.24. The van der Waals surface area contributed by atoms with Crippen molar-refractivity contribution in [1.82, 2.24) is 0 Å². The summed E-state index contributed by atoms with van der Waals surface area (Å²) in [5, 5.41) is 9.19. The molecule has 2 aromatic rings. The Bertz CT molecular complexity index is 909. The molecule has 0 aliphatic carbocycles. The molecule has 0 aromatic heterocycles. The van der Waals surface area contributed by atoms with Crippen LogP contribution in [-0.4, -0.2) is 17.1 Å². The van der Waals surface area contributed by atoms with Crippen LogP contribution < -0.4 is 10.5 Å². The lowest BCUT2D eigenvalue weighted by Crippen LogP contribution is -2.33. The van der Waals surface area contributed by atoms with Gasteiger partial charge in [0.25, 0.3) is 0 Å². The Kier molecular flexibility index (Phi) is 7.77. The molecule has 0 saturated heterocycles. The molecule has 152 valence electrons. The van der Waals surface area contributed by atoms with Gasteiger partial charge in [-0.2, -0.15) is 0 Å². The maximum atomic E-state index is 11.2. The van der Waals surface area contributed by atoms with Crippen LogP contribution in [0.2, 0.25) is 0 Å². The molecule has 4 nitrogen and oxygen atoms in total. The Balaban J connectivity index is 2.58. The zero-order valence-electron chi connectivity index (χ0n) is 17.2. The van der Waals surface area contributed by atoms with Crippen LogP contribution in [0.15, 0.2) is 6.07 Å². The average Bonchev–Trinajstić information content (AvgIpc) is 2.65. The van der Waals surface area contributed by atoms with Crippen molar-refractivity contribution < 1.29 is 14.6 Å². The van der Waals surface area contributed by atoms with E-state index in [9.17, 15) is 9.90 Å². The summed E-state index contributed by atoms with van der Waals surface area (Å²) < 4.78 is 8.48. The Hall–Kier alpha value is -0.870. The van der Waals surface area contributed by atoms with Gasteiger partial charge in [0.05, 0.1) is 7.14 Å². The van der Waals surface area contributed by atoms with E-state index in [0.29, 0.717) is 6.42 Å². The number of ether oxygens (including phenoxy) is 1. The maximum Gasteiger partial charge on any atom is 0.320 e. The fraction of sp³-hybridized carbons (Fsp3) is 0.409. The van der Waals surface area contributed by atoms with E-state index in [1.165, 1.54) is 11.1 Å². The fourth-order valence-corrected chi connectivity index (χ4v) is 5.38. The Morgan fingerprint density at radius 1 is 1.04 bits per heavy atom. The molecular formula is C22H27I2NO3. The van der Waals surface area contributed by atoms with E-state index in [1.54, 1.807) is 0 Å². The van der Waals surface area contributed by atoms with Gasteiger partial charge >= 0.3 is 5.97 Å². The predicted molar refractivity (Wildman–Crippen MR) is 131 cm³/mol. The first kappa shape index (κ1) is 23.4. The minimum absolute atomic E-state index is 0.307. The monoisotopic (exact) mass is 607 g/mol. The van der Waals surface area contributed by atoms with Gasteiger partial charge in [-0.1, -0.05) is 13.0 Å². The van der Waals surface area contributed by atoms with E-state index in [2.05, 4.69) is 78.9 Å². The molecule has 6 heteroatoms. The summed E-state index contributed by atoms with van der Waals surface area (Å²) in [5.41, 5.74) is 13.7. The van der Waals surface area contributed by atoms with E-state index in [4.69, 9.17) is 10.5 Å². The van der Waals surface area contributed by atoms with E-state index in [1.807, 2.05) is 13.8 Å². The van der Waals surface area contributed by atoms with Crippen LogP contribution in [0.3, 0.4) is 0 Å². The van der Waals surface area contributed by atoms with E-state index in [-0.39, 0.29) is 0 Å². The number of halogens is 2. The normalized spacial score (nSPS) is 12.2. The van der Waals surface area contributed by atoms with Gasteiger partial charge in [-0.25, -0.2) is 0 Å². The van der Waals surface area contributed by atoms with Gasteiger partial charge in [0, 0.05) is 0 Å². The van der Waals surface area contributed by atoms with Crippen molar-refractivity contribution in [2.75, 3.05) is 0 Å². The van der Waals surface area contributed by atoms with E-state index in [0.717, 1.165) is 52.9 Å². The molecule has 0 aliphatic heterocycles. The van der Waals surface area contributed by atoms with Gasteiger partial charge in [0.1, 0.15) is 11.8 Å². The third-order valence-electron chi connectivity index (χ3n) is 5.42. The second-order valence-electron chi connectivity index (χ2n) is 7.22. The molecular weight excluding hydrogens is 580 g/mol. The Labute approximate surface area is 194 Å². The number of carboxylic acid groups (broad SMARTS) is 1. The van der Waals surface area contributed by atoms with Gasteiger partial charge in [-0.15, -0.1) is 0 Å². The summed E-state index contributed by atoms with van der Waals surface area (Å²) in [4.78, 5) is 11.2. The molecule has 28 heavy (non-hydrogen) atoms. The van der Waals surface area contributed by atoms with Crippen LogP contribution in [0, 0.1) is 41.8 Å². The Morgan fingerprint density at radius 2 is 1.57 bits per heavy atom. The molecule has 0 heterocycles. The molecule has 1 unspecified atom stereocenters. The lowest BCUT2D eigenvalue weighted by atomic mass is 9.95. The first-order chi connectivity index (χ1) is 13.0. The standard InChI is InChI=1S/C22H27I2NO3/c1-7-15-8-10(2)20(12(4)11(15)3)28-21-18(23)13(5)16(14(6)19(21)24)9-17(25)22(26)27/h8,17H,7,9,25H2,1-6H3,(H,26,27). The van der Waals surface area contributed by atoms with Gasteiger partial charge in [0.15, 0.2) is 5.75 Å². The highest BCUT2D eigenvalue weighted by Crippen LogP contribution is 2.41. The molecule has 0 aliphatic rings. The number of nitrogens with two attached hydrogens (primary N) is 1. The number of rotatable bonds is 6. The largest absolute Gasteiger partial charge is 0.480 e. The SMILES string of the molecule is CCc1cc(C)c(Oc2c(I)c(C)c(CC(N)C(=O)O)c(C)c2I)c(C)c1C. The summed E-state index contributed by atoms with van der Waals surface area (Å²) in [6, 6.07) is 1.29. The van der Waals surface area contributed by atoms with Crippen molar-refractivity contribution in [3.63, 3.8) is 0 Å². The number of aryl methyl sites for hydroxylation is 2. The summed E-state index contributed by atoms with van der Waals surface area (Å²) in [5.74, 6) is 0.750. The second-order valence-corrected chi connectivity index (χ2v) is 9.38. The minimum Gasteiger partial charge on any atom is -0.480 e. The van der Waals surface area contributed by atoms with Crippen LogP contribution >= 0.6 is 45.2 Å². The molecule has 2 aromatic carbocycles. The van der Waals surface area contributed by atoms with Crippen molar-refractivity contribution >= 4 is 51.2 Å². The molecule has 0 saturated carbocycles. The topological polar surface area (TPSA) is 72.5 Å². The molecule has 0 bridgehead atoms.